The van der Waals surface area contributed by atoms with Gasteiger partial charge in [0.1, 0.15) is 11.4 Å². The molecule has 0 fully saturated rings. The summed E-state index contributed by atoms with van der Waals surface area (Å²) in [6, 6.07) is 0. The molecule has 0 aliphatic carbocycles. The van der Waals surface area contributed by atoms with Crippen LogP contribution in [0.2, 0.25) is 0 Å². The molecule has 0 bridgehead atoms. The number of ketones is 1. The summed E-state index contributed by atoms with van der Waals surface area (Å²) in [5, 5.41) is 3.32. The van der Waals surface area contributed by atoms with E-state index in [0.717, 1.165) is 0 Å². The van der Waals surface area contributed by atoms with E-state index in [2.05, 4.69) is 10.0 Å². The Morgan fingerprint density at radius 2 is 1.94 bits per heavy atom. The summed E-state index contributed by atoms with van der Waals surface area (Å²) < 4.78 is 22.6. The summed E-state index contributed by atoms with van der Waals surface area (Å²) in [6.07, 6.45) is 0.163. The van der Waals surface area contributed by atoms with Crippen molar-refractivity contribution in [1.82, 2.24) is 0 Å². The quantitative estimate of drug-likeness (QED) is 0.276. The lowest BCUT2D eigenvalue weighted by molar-refractivity contribution is -0.117. The number of hydrogen-bond acceptors (Lipinski definition) is 5. The predicted molar refractivity (Wildman–Crippen MR) is 64.0 cm³/mol. The Kier molecular flexibility index (Phi) is 7.83. The zero-order valence-corrected chi connectivity index (χ0v) is 11.2. The van der Waals surface area contributed by atoms with E-state index < -0.39 is 13.3 Å². The van der Waals surface area contributed by atoms with E-state index >= 15 is 0 Å². The van der Waals surface area contributed by atoms with Gasteiger partial charge in [-0.2, -0.15) is 0 Å². The standard InChI is InChI=1S/C9H18N3O4P/c1-4-15-17(14,16-5-2)9(8(3)13)6-7-11-12-10/h9H,4-7H2,1-3H3. The van der Waals surface area contributed by atoms with Crippen molar-refractivity contribution in [2.75, 3.05) is 19.8 Å². The largest absolute Gasteiger partial charge is 0.341 e. The van der Waals surface area contributed by atoms with Crippen LogP contribution >= 0.6 is 7.60 Å². The Labute approximate surface area is 101 Å². The monoisotopic (exact) mass is 263 g/mol. The first kappa shape index (κ1) is 16.1. The molecule has 98 valence electrons. The van der Waals surface area contributed by atoms with E-state index in [4.69, 9.17) is 14.6 Å². The lowest BCUT2D eigenvalue weighted by Crippen LogP contribution is -2.22. The van der Waals surface area contributed by atoms with Gasteiger partial charge in [-0.15, -0.1) is 0 Å². The molecular weight excluding hydrogens is 245 g/mol. The highest BCUT2D eigenvalue weighted by Gasteiger charge is 2.38. The minimum Gasteiger partial charge on any atom is -0.308 e. The van der Waals surface area contributed by atoms with Crippen molar-refractivity contribution in [2.24, 2.45) is 5.11 Å². The fourth-order valence-electron chi connectivity index (χ4n) is 1.39. The van der Waals surface area contributed by atoms with E-state index in [1.54, 1.807) is 13.8 Å². The summed E-state index contributed by atoms with van der Waals surface area (Å²) >= 11 is 0. The van der Waals surface area contributed by atoms with Gasteiger partial charge in [0, 0.05) is 11.5 Å². The average Bonchev–Trinajstić information content (AvgIpc) is 2.24. The van der Waals surface area contributed by atoms with Gasteiger partial charge < -0.3 is 9.05 Å². The van der Waals surface area contributed by atoms with Crippen LogP contribution in [0, 0.1) is 0 Å². The van der Waals surface area contributed by atoms with Crippen LogP contribution in [0.25, 0.3) is 10.4 Å². The first-order valence-electron chi connectivity index (χ1n) is 5.41. The number of hydrogen-bond donors (Lipinski definition) is 0. The van der Waals surface area contributed by atoms with Crippen molar-refractivity contribution in [3.63, 3.8) is 0 Å². The number of carbonyl (C=O) groups excluding carboxylic acids is 1. The molecule has 7 nitrogen and oxygen atoms in total. The molecule has 0 aromatic heterocycles. The Morgan fingerprint density at radius 1 is 1.41 bits per heavy atom. The Hall–Kier alpha value is -0.870. The number of rotatable bonds is 9. The fourth-order valence-corrected chi connectivity index (χ4v) is 3.42. The molecule has 0 aliphatic heterocycles. The molecule has 0 heterocycles. The second-order valence-electron chi connectivity index (χ2n) is 3.24. The van der Waals surface area contributed by atoms with Crippen molar-refractivity contribution in [3.8, 4) is 0 Å². The molecule has 0 aliphatic rings. The van der Waals surface area contributed by atoms with Crippen LogP contribution < -0.4 is 0 Å². The van der Waals surface area contributed by atoms with Crippen molar-refractivity contribution >= 4 is 13.4 Å². The molecule has 0 saturated heterocycles. The van der Waals surface area contributed by atoms with Crippen LogP contribution in [0.15, 0.2) is 5.11 Å². The van der Waals surface area contributed by atoms with Gasteiger partial charge in [-0.1, -0.05) is 5.11 Å². The Morgan fingerprint density at radius 3 is 2.29 bits per heavy atom. The van der Waals surface area contributed by atoms with Gasteiger partial charge in [-0.25, -0.2) is 0 Å². The number of carbonyl (C=O) groups is 1. The number of nitrogens with zero attached hydrogens (tertiary/aromatic N) is 3. The lowest BCUT2D eigenvalue weighted by atomic mass is 10.2. The Balaban J connectivity index is 4.88. The van der Waals surface area contributed by atoms with E-state index in [0.29, 0.717) is 0 Å². The Bertz CT molecular complexity index is 331. The SMILES string of the molecule is CCOP(=O)(OCC)C(CCN=[N+]=[N-])C(C)=O. The first-order chi connectivity index (χ1) is 8.01. The van der Waals surface area contributed by atoms with E-state index in [-0.39, 0.29) is 32.0 Å². The normalized spacial score (nSPS) is 12.9. The van der Waals surface area contributed by atoms with E-state index in [1.807, 2.05) is 0 Å². The molecule has 1 atom stereocenters. The van der Waals surface area contributed by atoms with Crippen molar-refractivity contribution < 1.29 is 18.4 Å². The third kappa shape index (κ3) is 5.33. The topological polar surface area (TPSA) is 101 Å². The maximum absolute atomic E-state index is 12.3. The second-order valence-corrected chi connectivity index (χ2v) is 5.46. The predicted octanol–water partition coefficient (Wildman–Crippen LogP) is 2.91. The van der Waals surface area contributed by atoms with E-state index in [1.165, 1.54) is 6.92 Å². The highest BCUT2D eigenvalue weighted by Crippen LogP contribution is 2.54. The highest BCUT2D eigenvalue weighted by atomic mass is 31.2. The first-order valence-corrected chi connectivity index (χ1v) is 7.03. The second kappa shape index (κ2) is 8.25. The van der Waals surface area contributed by atoms with Crippen LogP contribution in [0.4, 0.5) is 0 Å². The molecule has 1 unspecified atom stereocenters. The zero-order chi connectivity index (χ0) is 13.3. The molecule has 0 rings (SSSR count). The van der Waals surface area contributed by atoms with Crippen LogP contribution in [0.1, 0.15) is 27.2 Å². The van der Waals surface area contributed by atoms with Gasteiger partial charge in [-0.3, -0.25) is 9.36 Å². The summed E-state index contributed by atoms with van der Waals surface area (Å²) in [5.74, 6) is -0.289. The fraction of sp³-hybridized carbons (Fsp3) is 0.889. The molecule has 0 radical (unpaired) electrons. The average molecular weight is 263 g/mol. The molecule has 0 spiro atoms. The maximum atomic E-state index is 12.3. The van der Waals surface area contributed by atoms with Gasteiger partial charge in [-0.05, 0) is 32.7 Å². The van der Waals surface area contributed by atoms with Crippen molar-refractivity contribution in [1.29, 1.82) is 0 Å². The summed E-state index contributed by atoms with van der Waals surface area (Å²) in [7, 11) is -3.46. The van der Waals surface area contributed by atoms with Crippen LogP contribution in [-0.4, -0.2) is 31.2 Å². The number of Topliss-reactive ketones (excluding diaryl/α,β-unsaturated/α-hetero) is 1. The summed E-state index contributed by atoms with van der Waals surface area (Å²) in [4.78, 5) is 14.1. The number of azide groups is 1. The van der Waals surface area contributed by atoms with Crippen molar-refractivity contribution in [3.05, 3.63) is 10.4 Å². The lowest BCUT2D eigenvalue weighted by Gasteiger charge is -2.23. The molecule has 17 heavy (non-hydrogen) atoms. The molecule has 0 aromatic rings. The van der Waals surface area contributed by atoms with Gasteiger partial charge in [0.05, 0.1) is 13.2 Å². The summed E-state index contributed by atoms with van der Waals surface area (Å²) in [6.45, 7) is 5.16. The minimum absolute atomic E-state index is 0.0882. The molecule has 0 saturated carbocycles. The van der Waals surface area contributed by atoms with E-state index in [9.17, 15) is 9.36 Å². The molecular formula is C9H18N3O4P. The zero-order valence-electron chi connectivity index (χ0n) is 10.3. The highest BCUT2D eigenvalue weighted by molar-refractivity contribution is 7.55. The molecule has 0 aromatic carbocycles. The maximum Gasteiger partial charge on any atom is 0.341 e. The summed E-state index contributed by atoms with van der Waals surface area (Å²) in [5.41, 5.74) is 7.30. The van der Waals surface area contributed by atoms with Crippen LogP contribution in [0.5, 0.6) is 0 Å². The van der Waals surface area contributed by atoms with Crippen molar-refractivity contribution in [2.45, 2.75) is 32.9 Å². The van der Waals surface area contributed by atoms with Gasteiger partial charge >= 0.3 is 7.60 Å². The third-order valence-corrected chi connectivity index (χ3v) is 4.66. The molecule has 8 heteroatoms. The third-order valence-electron chi connectivity index (χ3n) is 2.03. The van der Waals surface area contributed by atoms with Gasteiger partial charge in [0.25, 0.3) is 0 Å². The van der Waals surface area contributed by atoms with Gasteiger partial charge in [0.2, 0.25) is 0 Å². The molecule has 0 amide bonds. The minimum atomic E-state index is -3.46. The van der Waals surface area contributed by atoms with Gasteiger partial charge in [0.15, 0.2) is 0 Å². The molecule has 0 N–H and O–H groups in total. The van der Waals surface area contributed by atoms with Crippen LogP contribution in [-0.2, 0) is 18.4 Å². The smallest absolute Gasteiger partial charge is 0.308 e. The van der Waals surface area contributed by atoms with Crippen LogP contribution in [0.3, 0.4) is 0 Å².